The molecule has 0 unspecified atom stereocenters. The highest BCUT2D eigenvalue weighted by molar-refractivity contribution is 5.79. The Labute approximate surface area is 132 Å². The summed E-state index contributed by atoms with van der Waals surface area (Å²) < 4.78 is 5.27. The first-order chi connectivity index (χ1) is 10.2. The zero-order valence-electron chi connectivity index (χ0n) is 13.8. The molecule has 0 saturated carbocycles. The summed E-state index contributed by atoms with van der Waals surface area (Å²) >= 11 is 0. The van der Waals surface area contributed by atoms with Crippen LogP contribution in [-0.2, 0) is 16.0 Å². The number of carbonyl (C=O) groups is 1. The molecule has 6 heteroatoms. The van der Waals surface area contributed by atoms with E-state index in [1.165, 1.54) is 0 Å². The number of nitrogens with two attached hydrogens (primary N) is 2. The fraction of sp³-hybridized carbons (Fsp3) is 0.562. The molecule has 122 valence electrons. The van der Waals surface area contributed by atoms with Crippen molar-refractivity contribution in [2.75, 3.05) is 0 Å². The number of hydrogen-bond donors (Lipinski definition) is 2. The molecule has 0 saturated heterocycles. The maximum Gasteiger partial charge on any atom is 0.306 e. The molecule has 6 nitrogen and oxygen atoms in total. The number of pyridine rings is 1. The van der Waals surface area contributed by atoms with Gasteiger partial charge in [-0.15, -0.1) is 0 Å². The summed E-state index contributed by atoms with van der Waals surface area (Å²) in [7, 11) is 0. The lowest BCUT2D eigenvalue weighted by atomic mass is 10.1. The number of nitrogens with zero attached hydrogens (tertiary/aromatic N) is 2. The molecule has 0 aromatic carbocycles. The number of aromatic nitrogens is 1. The molecule has 22 heavy (non-hydrogen) atoms. The normalized spacial score (nSPS) is 11.1. The molecular formula is C16H26N4O2. The van der Waals surface area contributed by atoms with Crippen molar-refractivity contribution in [2.24, 2.45) is 16.5 Å². The third-order valence-corrected chi connectivity index (χ3v) is 2.88. The maximum atomic E-state index is 11.6. The summed E-state index contributed by atoms with van der Waals surface area (Å²) in [5, 5.41) is 0. The van der Waals surface area contributed by atoms with E-state index >= 15 is 0 Å². The Morgan fingerprint density at radius 3 is 2.59 bits per heavy atom. The van der Waals surface area contributed by atoms with Crippen molar-refractivity contribution in [3.05, 3.63) is 23.5 Å². The van der Waals surface area contributed by atoms with Crippen LogP contribution >= 0.6 is 0 Å². The molecule has 4 N–H and O–H groups in total. The zero-order chi connectivity index (χ0) is 16.8. The fourth-order valence-corrected chi connectivity index (χ4v) is 1.94. The van der Waals surface area contributed by atoms with E-state index in [9.17, 15) is 4.79 Å². The van der Waals surface area contributed by atoms with Crippen LogP contribution in [0.4, 0.5) is 5.69 Å². The van der Waals surface area contributed by atoms with Gasteiger partial charge in [-0.05, 0) is 58.6 Å². The summed E-state index contributed by atoms with van der Waals surface area (Å²) in [6.07, 6.45) is 4.72. The molecule has 0 bridgehead atoms. The Bertz CT molecular complexity index is 544. The van der Waals surface area contributed by atoms with Crippen molar-refractivity contribution in [3.8, 4) is 0 Å². The summed E-state index contributed by atoms with van der Waals surface area (Å²) in [5.74, 6) is -0.136. The first-order valence-corrected chi connectivity index (χ1v) is 7.44. The van der Waals surface area contributed by atoms with E-state index in [4.69, 9.17) is 16.2 Å². The lowest BCUT2D eigenvalue weighted by Crippen LogP contribution is -2.23. The minimum absolute atomic E-state index is 0.0203. The van der Waals surface area contributed by atoms with Gasteiger partial charge in [0.1, 0.15) is 5.60 Å². The SMILES string of the molecule is Cc1ncc(CCCCC(=O)OC(C)(C)C)cc1N=C(N)N. The van der Waals surface area contributed by atoms with Crippen LogP contribution < -0.4 is 11.5 Å². The largest absolute Gasteiger partial charge is 0.460 e. The van der Waals surface area contributed by atoms with Gasteiger partial charge in [0.2, 0.25) is 0 Å². The molecule has 0 fully saturated rings. The summed E-state index contributed by atoms with van der Waals surface area (Å²) in [6.45, 7) is 7.46. The zero-order valence-corrected chi connectivity index (χ0v) is 13.8. The highest BCUT2D eigenvalue weighted by Crippen LogP contribution is 2.19. The molecule has 0 radical (unpaired) electrons. The molecule has 0 spiro atoms. The van der Waals surface area contributed by atoms with E-state index < -0.39 is 5.60 Å². The number of unbranched alkanes of at least 4 members (excludes halogenated alkanes) is 1. The van der Waals surface area contributed by atoms with Gasteiger partial charge in [-0.25, -0.2) is 4.99 Å². The van der Waals surface area contributed by atoms with Crippen LogP contribution in [0.2, 0.25) is 0 Å². The molecule has 0 amide bonds. The maximum absolute atomic E-state index is 11.6. The van der Waals surface area contributed by atoms with Crippen molar-refractivity contribution < 1.29 is 9.53 Å². The predicted octanol–water partition coefficient (Wildman–Crippen LogP) is 2.35. The van der Waals surface area contributed by atoms with E-state index in [0.717, 1.165) is 30.5 Å². The molecule has 1 aromatic rings. The molecule has 0 atom stereocenters. The fourth-order valence-electron chi connectivity index (χ4n) is 1.94. The minimum atomic E-state index is -0.424. The number of aliphatic imine (C=N–C) groups is 1. The first kappa shape index (κ1) is 17.9. The van der Waals surface area contributed by atoms with Gasteiger partial charge < -0.3 is 16.2 Å². The molecule has 1 rings (SSSR count). The van der Waals surface area contributed by atoms with Gasteiger partial charge in [0.05, 0.1) is 11.4 Å². The van der Waals surface area contributed by atoms with Crippen LogP contribution in [0, 0.1) is 6.92 Å². The number of rotatable bonds is 6. The summed E-state index contributed by atoms with van der Waals surface area (Å²) in [6, 6.07) is 1.93. The highest BCUT2D eigenvalue weighted by Gasteiger charge is 2.15. The third-order valence-electron chi connectivity index (χ3n) is 2.88. The molecule has 0 aliphatic rings. The number of ether oxygens (including phenoxy) is 1. The molecule has 0 aliphatic carbocycles. The molecule has 1 heterocycles. The quantitative estimate of drug-likeness (QED) is 0.363. The van der Waals surface area contributed by atoms with Crippen LogP contribution in [0.3, 0.4) is 0 Å². The van der Waals surface area contributed by atoms with E-state index in [-0.39, 0.29) is 11.9 Å². The van der Waals surface area contributed by atoms with E-state index in [0.29, 0.717) is 12.1 Å². The topological polar surface area (TPSA) is 104 Å². The second kappa shape index (κ2) is 7.77. The van der Waals surface area contributed by atoms with Gasteiger partial charge in [0.25, 0.3) is 0 Å². The second-order valence-electron chi connectivity index (χ2n) is 6.28. The Morgan fingerprint density at radius 1 is 1.32 bits per heavy atom. The number of carbonyl (C=O) groups excluding carboxylic acids is 1. The van der Waals surface area contributed by atoms with Gasteiger partial charge in [-0.3, -0.25) is 9.78 Å². The number of hydrogen-bond acceptors (Lipinski definition) is 4. The Hall–Kier alpha value is -2.11. The second-order valence-corrected chi connectivity index (χ2v) is 6.28. The third kappa shape index (κ3) is 7.06. The van der Waals surface area contributed by atoms with Crippen molar-refractivity contribution >= 4 is 17.6 Å². The first-order valence-electron chi connectivity index (χ1n) is 7.44. The van der Waals surface area contributed by atoms with Crippen LogP contribution in [0.25, 0.3) is 0 Å². The van der Waals surface area contributed by atoms with Gasteiger partial charge in [-0.2, -0.15) is 0 Å². The van der Waals surface area contributed by atoms with E-state index in [1.807, 2.05) is 40.0 Å². The average molecular weight is 306 g/mol. The van der Waals surface area contributed by atoms with Gasteiger partial charge >= 0.3 is 5.97 Å². The van der Waals surface area contributed by atoms with Crippen LogP contribution in [0.5, 0.6) is 0 Å². The van der Waals surface area contributed by atoms with Crippen LogP contribution in [0.15, 0.2) is 17.3 Å². The van der Waals surface area contributed by atoms with Crippen molar-refractivity contribution in [3.63, 3.8) is 0 Å². The summed E-state index contributed by atoms with van der Waals surface area (Å²) in [5.41, 5.74) is 12.9. The molecule has 0 aliphatic heterocycles. The lowest BCUT2D eigenvalue weighted by molar-refractivity contribution is -0.154. The molecule has 1 aromatic heterocycles. The van der Waals surface area contributed by atoms with E-state index in [2.05, 4.69) is 9.98 Å². The van der Waals surface area contributed by atoms with Crippen molar-refractivity contribution in [1.29, 1.82) is 0 Å². The van der Waals surface area contributed by atoms with Gasteiger partial charge in [-0.1, -0.05) is 0 Å². The Balaban J connectivity index is 2.46. The van der Waals surface area contributed by atoms with Crippen LogP contribution in [0.1, 0.15) is 51.3 Å². The van der Waals surface area contributed by atoms with Gasteiger partial charge in [0, 0.05) is 12.6 Å². The number of esters is 1. The number of guanidine groups is 1. The Kier molecular flexibility index (Phi) is 6.34. The van der Waals surface area contributed by atoms with E-state index in [1.54, 1.807) is 0 Å². The standard InChI is InChI=1S/C16H26N4O2/c1-11-13(20-15(17)18)9-12(10-19-11)7-5-6-8-14(21)22-16(2,3)4/h9-10H,5-8H2,1-4H3,(H4,17,18,20). The van der Waals surface area contributed by atoms with Crippen LogP contribution in [-0.4, -0.2) is 22.5 Å². The van der Waals surface area contributed by atoms with Gasteiger partial charge in [0.15, 0.2) is 5.96 Å². The Morgan fingerprint density at radius 2 is 2.00 bits per heavy atom. The average Bonchev–Trinajstić information content (AvgIpc) is 2.35. The highest BCUT2D eigenvalue weighted by atomic mass is 16.6. The van der Waals surface area contributed by atoms with Crippen molar-refractivity contribution in [2.45, 2.75) is 59.0 Å². The van der Waals surface area contributed by atoms with Crippen molar-refractivity contribution in [1.82, 2.24) is 4.98 Å². The molecular weight excluding hydrogens is 280 g/mol. The predicted molar refractivity (Wildman–Crippen MR) is 87.8 cm³/mol. The minimum Gasteiger partial charge on any atom is -0.460 e. The summed E-state index contributed by atoms with van der Waals surface area (Å²) in [4.78, 5) is 19.9. The number of aryl methyl sites for hydroxylation is 2. The monoisotopic (exact) mass is 306 g/mol. The smallest absolute Gasteiger partial charge is 0.306 e. The lowest BCUT2D eigenvalue weighted by Gasteiger charge is -2.19.